The first-order chi connectivity index (χ1) is 11.9. The number of halogens is 1. The Morgan fingerprint density at radius 2 is 2.08 bits per heavy atom. The monoisotopic (exact) mass is 357 g/mol. The number of aryl methyl sites for hydroxylation is 1. The average molecular weight is 358 g/mol. The summed E-state index contributed by atoms with van der Waals surface area (Å²) in [5.74, 6) is 0.236. The van der Waals surface area contributed by atoms with Gasteiger partial charge in [0.15, 0.2) is 5.82 Å². The summed E-state index contributed by atoms with van der Waals surface area (Å²) in [5.41, 5.74) is 9.22. The van der Waals surface area contributed by atoms with Crippen LogP contribution in [0.25, 0.3) is 11.1 Å². The van der Waals surface area contributed by atoms with Crippen LogP contribution in [0.3, 0.4) is 0 Å². The van der Waals surface area contributed by atoms with E-state index >= 15 is 0 Å². The summed E-state index contributed by atoms with van der Waals surface area (Å²) >= 11 is 6.11. The second-order valence-corrected chi connectivity index (χ2v) is 5.81. The number of nitrogens with one attached hydrogen (secondary N) is 2. The molecule has 0 bridgehead atoms. The van der Waals surface area contributed by atoms with E-state index in [1.807, 2.05) is 31.4 Å². The van der Waals surface area contributed by atoms with E-state index in [-0.39, 0.29) is 11.9 Å². The minimum atomic E-state index is -0.270. The first kappa shape index (κ1) is 16.7. The molecule has 0 saturated heterocycles. The molecule has 0 aliphatic carbocycles. The molecular formula is C16H16ClN7O. The van der Waals surface area contributed by atoms with Crippen molar-refractivity contribution >= 4 is 40.6 Å². The summed E-state index contributed by atoms with van der Waals surface area (Å²) in [6, 6.07) is 5.58. The summed E-state index contributed by atoms with van der Waals surface area (Å²) < 4.78 is 1.72. The first-order valence-corrected chi connectivity index (χ1v) is 7.76. The molecule has 0 aliphatic rings. The Hall–Kier alpha value is -3.13. The fourth-order valence-electron chi connectivity index (χ4n) is 2.23. The van der Waals surface area contributed by atoms with Gasteiger partial charge in [-0.2, -0.15) is 10.1 Å². The molecule has 1 amide bonds. The molecular weight excluding hydrogens is 342 g/mol. The van der Waals surface area contributed by atoms with Gasteiger partial charge in [0.05, 0.1) is 23.8 Å². The molecule has 0 unspecified atom stereocenters. The normalized spacial score (nSPS) is 10.5. The fourth-order valence-corrected chi connectivity index (χ4v) is 2.36. The Bertz CT molecular complexity index is 938. The molecule has 2 heterocycles. The summed E-state index contributed by atoms with van der Waals surface area (Å²) in [6.45, 7) is 1.38. The van der Waals surface area contributed by atoms with Crippen molar-refractivity contribution in [1.29, 1.82) is 0 Å². The van der Waals surface area contributed by atoms with Crippen LogP contribution in [0.4, 0.5) is 23.1 Å². The number of carbonyl (C=O) groups is 1. The minimum absolute atomic E-state index is 0.157. The van der Waals surface area contributed by atoms with Gasteiger partial charge in [0.25, 0.3) is 0 Å². The highest BCUT2D eigenvalue weighted by Crippen LogP contribution is 2.30. The second-order valence-electron chi connectivity index (χ2n) is 5.40. The Morgan fingerprint density at radius 3 is 2.72 bits per heavy atom. The van der Waals surface area contributed by atoms with Crippen LogP contribution in [0.1, 0.15) is 6.92 Å². The lowest BCUT2D eigenvalue weighted by Gasteiger charge is -2.12. The number of nitrogens with zero attached hydrogens (tertiary/aromatic N) is 4. The molecule has 0 fully saturated rings. The molecule has 0 radical (unpaired) electrons. The summed E-state index contributed by atoms with van der Waals surface area (Å²) in [7, 11) is 1.85. The SMILES string of the molecule is CC(=O)Nc1ncc(Cl)c(Nc2ccc(-c3cnn(C)c3)cc2N)n1. The van der Waals surface area contributed by atoms with Crippen molar-refractivity contribution in [2.45, 2.75) is 6.92 Å². The van der Waals surface area contributed by atoms with E-state index in [1.165, 1.54) is 13.1 Å². The molecule has 0 saturated carbocycles. The van der Waals surface area contributed by atoms with Gasteiger partial charge in [0.1, 0.15) is 5.02 Å². The predicted molar refractivity (Wildman–Crippen MR) is 97.7 cm³/mol. The predicted octanol–water partition coefficient (Wildman–Crippen LogP) is 2.81. The topological polar surface area (TPSA) is 111 Å². The number of nitrogen functional groups attached to an aromatic ring is 1. The molecule has 3 rings (SSSR count). The van der Waals surface area contributed by atoms with Crippen LogP contribution in [-0.4, -0.2) is 25.7 Å². The van der Waals surface area contributed by atoms with Crippen LogP contribution in [0.15, 0.2) is 36.8 Å². The number of aromatic nitrogens is 4. The lowest BCUT2D eigenvalue weighted by atomic mass is 10.1. The van der Waals surface area contributed by atoms with E-state index in [9.17, 15) is 4.79 Å². The maximum Gasteiger partial charge on any atom is 0.231 e. The van der Waals surface area contributed by atoms with Crippen LogP contribution in [-0.2, 0) is 11.8 Å². The molecule has 9 heteroatoms. The lowest BCUT2D eigenvalue weighted by Crippen LogP contribution is -2.10. The quantitative estimate of drug-likeness (QED) is 0.619. The highest BCUT2D eigenvalue weighted by molar-refractivity contribution is 6.33. The van der Waals surface area contributed by atoms with E-state index in [0.29, 0.717) is 22.2 Å². The molecule has 0 atom stereocenters. The fraction of sp³-hybridized carbons (Fsp3) is 0.125. The maximum absolute atomic E-state index is 11.1. The van der Waals surface area contributed by atoms with Gasteiger partial charge in [-0.1, -0.05) is 17.7 Å². The van der Waals surface area contributed by atoms with E-state index in [4.69, 9.17) is 17.3 Å². The third-order valence-corrected chi connectivity index (χ3v) is 3.65. The average Bonchev–Trinajstić information content (AvgIpc) is 2.98. The molecule has 8 nitrogen and oxygen atoms in total. The Morgan fingerprint density at radius 1 is 1.28 bits per heavy atom. The summed E-state index contributed by atoms with van der Waals surface area (Å²) in [5, 5.41) is 10.0. The first-order valence-electron chi connectivity index (χ1n) is 7.38. The summed E-state index contributed by atoms with van der Waals surface area (Å²) in [4.78, 5) is 19.2. The van der Waals surface area contributed by atoms with Crippen LogP contribution in [0, 0.1) is 0 Å². The molecule has 3 aromatic rings. The molecule has 4 N–H and O–H groups in total. The highest BCUT2D eigenvalue weighted by Gasteiger charge is 2.10. The zero-order chi connectivity index (χ0) is 18.0. The van der Waals surface area contributed by atoms with Crippen molar-refractivity contribution in [3.8, 4) is 11.1 Å². The van der Waals surface area contributed by atoms with Gasteiger partial charge in [-0.25, -0.2) is 4.98 Å². The van der Waals surface area contributed by atoms with Crippen molar-refractivity contribution < 1.29 is 4.79 Å². The van der Waals surface area contributed by atoms with E-state index in [2.05, 4.69) is 25.7 Å². The lowest BCUT2D eigenvalue weighted by molar-refractivity contribution is -0.114. The van der Waals surface area contributed by atoms with Crippen molar-refractivity contribution in [2.75, 3.05) is 16.4 Å². The molecule has 0 aliphatic heterocycles. The maximum atomic E-state index is 11.1. The number of benzene rings is 1. The molecule has 2 aromatic heterocycles. The molecule has 25 heavy (non-hydrogen) atoms. The van der Waals surface area contributed by atoms with Crippen LogP contribution >= 0.6 is 11.6 Å². The van der Waals surface area contributed by atoms with Crippen LogP contribution < -0.4 is 16.4 Å². The molecule has 0 spiro atoms. The smallest absolute Gasteiger partial charge is 0.231 e. The number of hydrogen-bond donors (Lipinski definition) is 3. The van der Waals surface area contributed by atoms with Gasteiger partial charge >= 0.3 is 0 Å². The Kier molecular flexibility index (Phi) is 4.53. The zero-order valence-corrected chi connectivity index (χ0v) is 14.4. The third kappa shape index (κ3) is 3.86. The number of hydrogen-bond acceptors (Lipinski definition) is 6. The number of amides is 1. The number of nitrogens with two attached hydrogens (primary N) is 1. The van der Waals surface area contributed by atoms with E-state index < -0.39 is 0 Å². The Balaban J connectivity index is 1.87. The van der Waals surface area contributed by atoms with Crippen LogP contribution in [0.5, 0.6) is 0 Å². The van der Waals surface area contributed by atoms with Crippen molar-refractivity contribution in [3.63, 3.8) is 0 Å². The van der Waals surface area contributed by atoms with Gasteiger partial charge in [-0.3, -0.25) is 14.8 Å². The van der Waals surface area contributed by atoms with Gasteiger partial charge in [-0.05, 0) is 17.7 Å². The minimum Gasteiger partial charge on any atom is -0.397 e. The third-order valence-electron chi connectivity index (χ3n) is 3.37. The number of rotatable bonds is 4. The number of carbonyl (C=O) groups excluding carboxylic acids is 1. The number of anilines is 4. The van der Waals surface area contributed by atoms with Gasteiger partial charge < -0.3 is 11.1 Å². The van der Waals surface area contributed by atoms with Crippen molar-refractivity contribution in [2.24, 2.45) is 7.05 Å². The van der Waals surface area contributed by atoms with E-state index in [0.717, 1.165) is 11.1 Å². The zero-order valence-electron chi connectivity index (χ0n) is 13.6. The Labute approximate surface area is 149 Å². The highest BCUT2D eigenvalue weighted by atomic mass is 35.5. The molecule has 1 aromatic carbocycles. The van der Waals surface area contributed by atoms with Crippen LogP contribution in [0.2, 0.25) is 5.02 Å². The van der Waals surface area contributed by atoms with Gasteiger partial charge in [0, 0.05) is 25.7 Å². The standard InChI is InChI=1S/C16H16ClN7O/c1-9(25)21-16-19-7-12(17)15(23-16)22-14-4-3-10(5-13(14)18)11-6-20-24(2)8-11/h3-8H,18H2,1-2H3,(H2,19,21,22,23,25). The summed E-state index contributed by atoms with van der Waals surface area (Å²) in [6.07, 6.45) is 5.08. The van der Waals surface area contributed by atoms with Crippen molar-refractivity contribution in [1.82, 2.24) is 19.7 Å². The van der Waals surface area contributed by atoms with Gasteiger partial charge in [-0.15, -0.1) is 0 Å². The largest absolute Gasteiger partial charge is 0.397 e. The van der Waals surface area contributed by atoms with Gasteiger partial charge in [0.2, 0.25) is 11.9 Å². The van der Waals surface area contributed by atoms with Crippen molar-refractivity contribution in [3.05, 3.63) is 41.8 Å². The van der Waals surface area contributed by atoms with E-state index in [1.54, 1.807) is 10.9 Å². The molecule has 128 valence electrons. The second kappa shape index (κ2) is 6.78.